The molecule has 0 aliphatic carbocycles. The monoisotopic (exact) mass is 389 g/mol. The highest BCUT2D eigenvalue weighted by molar-refractivity contribution is 5.79. The van der Waals surface area contributed by atoms with Crippen molar-refractivity contribution in [3.8, 4) is 17.2 Å². The van der Waals surface area contributed by atoms with Gasteiger partial charge in [0.05, 0.1) is 27.4 Å². The number of benzene rings is 2. The van der Waals surface area contributed by atoms with Crippen LogP contribution in [0.15, 0.2) is 41.4 Å². The molecule has 0 atom stereocenters. The standard InChI is InChI=1S/C21H28FN3O3/c1-5-23-21(25-14-16-9-7-8-10-17(16)22)24-13-15-11-18(26-3)20(28-6-2)19(12-15)27-4/h7-12H,5-6,13-14H2,1-4H3,(H2,23,24,25). The van der Waals surface area contributed by atoms with Crippen LogP contribution in [-0.2, 0) is 13.1 Å². The van der Waals surface area contributed by atoms with Crippen LogP contribution >= 0.6 is 0 Å². The molecule has 0 saturated heterocycles. The Kier molecular flexibility index (Phi) is 8.39. The number of nitrogens with one attached hydrogen (secondary N) is 2. The Labute approximate surface area is 165 Å². The molecule has 7 heteroatoms. The van der Waals surface area contributed by atoms with Gasteiger partial charge in [0.15, 0.2) is 17.5 Å². The summed E-state index contributed by atoms with van der Waals surface area (Å²) >= 11 is 0. The summed E-state index contributed by atoms with van der Waals surface area (Å²) in [6.45, 7) is 5.82. The molecule has 6 nitrogen and oxygen atoms in total. The fraction of sp³-hybridized carbons (Fsp3) is 0.381. The van der Waals surface area contributed by atoms with Gasteiger partial charge in [0.25, 0.3) is 0 Å². The summed E-state index contributed by atoms with van der Waals surface area (Å²) in [5.41, 5.74) is 1.48. The molecule has 152 valence electrons. The van der Waals surface area contributed by atoms with Crippen molar-refractivity contribution in [2.45, 2.75) is 26.9 Å². The molecule has 0 spiro atoms. The first kappa shape index (κ1) is 21.3. The lowest BCUT2D eigenvalue weighted by atomic mass is 10.2. The summed E-state index contributed by atoms with van der Waals surface area (Å²) < 4.78 is 30.3. The topological polar surface area (TPSA) is 64.1 Å². The van der Waals surface area contributed by atoms with Gasteiger partial charge in [0.2, 0.25) is 5.75 Å². The normalized spacial score (nSPS) is 11.1. The highest BCUT2D eigenvalue weighted by Crippen LogP contribution is 2.38. The van der Waals surface area contributed by atoms with Gasteiger partial charge in [-0.3, -0.25) is 0 Å². The molecule has 0 aromatic heterocycles. The first-order chi connectivity index (χ1) is 13.6. The molecule has 2 N–H and O–H groups in total. The first-order valence-corrected chi connectivity index (χ1v) is 9.26. The van der Waals surface area contributed by atoms with Crippen LogP contribution in [0.3, 0.4) is 0 Å². The third kappa shape index (κ3) is 5.77. The number of rotatable bonds is 9. The molecule has 2 rings (SSSR count). The Morgan fingerprint density at radius 2 is 1.71 bits per heavy atom. The Balaban J connectivity index is 2.16. The molecule has 0 fully saturated rings. The smallest absolute Gasteiger partial charge is 0.203 e. The van der Waals surface area contributed by atoms with E-state index in [0.717, 1.165) is 5.56 Å². The molecule has 0 aliphatic heterocycles. The molecular weight excluding hydrogens is 361 g/mol. The lowest BCUT2D eigenvalue weighted by molar-refractivity contribution is 0.288. The van der Waals surface area contributed by atoms with E-state index in [4.69, 9.17) is 14.2 Å². The van der Waals surface area contributed by atoms with Gasteiger partial charge in [-0.2, -0.15) is 0 Å². The van der Waals surface area contributed by atoms with E-state index < -0.39 is 0 Å². The quantitative estimate of drug-likeness (QED) is 0.508. The maximum Gasteiger partial charge on any atom is 0.203 e. The zero-order valence-corrected chi connectivity index (χ0v) is 16.8. The number of ether oxygens (including phenoxy) is 3. The second-order valence-corrected chi connectivity index (χ2v) is 5.90. The Morgan fingerprint density at radius 3 is 2.29 bits per heavy atom. The highest BCUT2D eigenvalue weighted by Gasteiger charge is 2.14. The minimum Gasteiger partial charge on any atom is -0.493 e. The van der Waals surface area contributed by atoms with E-state index in [1.807, 2.05) is 32.0 Å². The van der Waals surface area contributed by atoms with Crippen LogP contribution in [0.25, 0.3) is 0 Å². The number of aliphatic imine (C=N–C) groups is 1. The van der Waals surface area contributed by atoms with Crippen molar-refractivity contribution in [1.29, 1.82) is 0 Å². The third-order valence-electron chi connectivity index (χ3n) is 3.98. The zero-order valence-electron chi connectivity index (χ0n) is 16.8. The average Bonchev–Trinajstić information content (AvgIpc) is 2.71. The first-order valence-electron chi connectivity index (χ1n) is 9.26. The lowest BCUT2D eigenvalue weighted by Gasteiger charge is -2.15. The van der Waals surface area contributed by atoms with E-state index in [1.165, 1.54) is 6.07 Å². The minimum absolute atomic E-state index is 0.244. The number of hydrogen-bond donors (Lipinski definition) is 2. The second kappa shape index (κ2) is 11.0. The van der Waals surface area contributed by atoms with E-state index in [-0.39, 0.29) is 5.82 Å². The van der Waals surface area contributed by atoms with E-state index in [2.05, 4.69) is 15.6 Å². The van der Waals surface area contributed by atoms with Gasteiger partial charge in [-0.25, -0.2) is 9.38 Å². The molecule has 2 aromatic rings. The summed E-state index contributed by atoms with van der Waals surface area (Å²) in [5, 5.41) is 6.31. The van der Waals surface area contributed by atoms with Gasteiger partial charge in [-0.05, 0) is 37.6 Å². The summed E-state index contributed by atoms with van der Waals surface area (Å²) in [7, 11) is 3.18. The maximum atomic E-state index is 13.8. The van der Waals surface area contributed by atoms with E-state index >= 15 is 0 Å². The van der Waals surface area contributed by atoms with Crippen molar-refractivity contribution in [1.82, 2.24) is 10.6 Å². The van der Waals surface area contributed by atoms with Gasteiger partial charge in [0, 0.05) is 18.7 Å². The van der Waals surface area contributed by atoms with E-state index in [9.17, 15) is 4.39 Å². The number of guanidine groups is 1. The lowest BCUT2D eigenvalue weighted by Crippen LogP contribution is -2.37. The van der Waals surface area contributed by atoms with Crippen molar-refractivity contribution in [2.24, 2.45) is 4.99 Å². The molecule has 0 aliphatic rings. The van der Waals surface area contributed by atoms with E-state index in [0.29, 0.717) is 55.0 Å². The highest BCUT2D eigenvalue weighted by atomic mass is 19.1. The molecule has 28 heavy (non-hydrogen) atoms. The van der Waals surface area contributed by atoms with Gasteiger partial charge in [0.1, 0.15) is 5.82 Å². The maximum absolute atomic E-state index is 13.8. The molecule has 0 amide bonds. The summed E-state index contributed by atoms with van der Waals surface area (Å²) in [6.07, 6.45) is 0. The van der Waals surface area contributed by atoms with Gasteiger partial charge < -0.3 is 24.8 Å². The summed E-state index contributed by atoms with van der Waals surface area (Å²) in [4.78, 5) is 4.57. The number of hydrogen-bond acceptors (Lipinski definition) is 4. The largest absolute Gasteiger partial charge is 0.493 e. The zero-order chi connectivity index (χ0) is 20.4. The van der Waals surface area contributed by atoms with Crippen LogP contribution in [0.4, 0.5) is 4.39 Å². The number of halogens is 1. The predicted octanol–water partition coefficient (Wildman–Crippen LogP) is 3.50. The molecule has 0 heterocycles. The Bertz CT molecular complexity index is 771. The molecule has 0 bridgehead atoms. The van der Waals surface area contributed by atoms with Crippen molar-refractivity contribution >= 4 is 5.96 Å². The third-order valence-corrected chi connectivity index (χ3v) is 3.98. The second-order valence-electron chi connectivity index (χ2n) is 5.90. The van der Waals surface area contributed by atoms with Crippen molar-refractivity contribution < 1.29 is 18.6 Å². The number of nitrogens with zero attached hydrogens (tertiary/aromatic N) is 1. The van der Waals surface area contributed by atoms with Crippen LogP contribution in [0.1, 0.15) is 25.0 Å². The van der Waals surface area contributed by atoms with Crippen molar-refractivity contribution in [3.63, 3.8) is 0 Å². The van der Waals surface area contributed by atoms with Crippen molar-refractivity contribution in [2.75, 3.05) is 27.4 Å². The van der Waals surface area contributed by atoms with Crippen LogP contribution in [0, 0.1) is 5.82 Å². The fourth-order valence-corrected chi connectivity index (χ4v) is 2.64. The van der Waals surface area contributed by atoms with Gasteiger partial charge in [-0.15, -0.1) is 0 Å². The average molecular weight is 389 g/mol. The Hall–Kier alpha value is -2.96. The van der Waals surface area contributed by atoms with E-state index in [1.54, 1.807) is 26.4 Å². The summed E-state index contributed by atoms with van der Waals surface area (Å²) in [6, 6.07) is 10.4. The molecule has 0 radical (unpaired) electrons. The van der Waals surface area contributed by atoms with Crippen molar-refractivity contribution in [3.05, 3.63) is 53.3 Å². The molecule has 0 unspecified atom stereocenters. The van der Waals surface area contributed by atoms with Crippen LogP contribution in [-0.4, -0.2) is 33.3 Å². The minimum atomic E-state index is -0.244. The molecule has 0 saturated carbocycles. The predicted molar refractivity (Wildman–Crippen MR) is 109 cm³/mol. The molecular formula is C21H28FN3O3. The van der Waals surface area contributed by atoms with Crippen LogP contribution < -0.4 is 24.8 Å². The van der Waals surface area contributed by atoms with Gasteiger partial charge >= 0.3 is 0 Å². The van der Waals surface area contributed by atoms with Crippen LogP contribution in [0.5, 0.6) is 17.2 Å². The fourth-order valence-electron chi connectivity index (χ4n) is 2.64. The summed E-state index contributed by atoms with van der Waals surface area (Å²) in [5.74, 6) is 2.11. The van der Waals surface area contributed by atoms with Gasteiger partial charge in [-0.1, -0.05) is 18.2 Å². The number of methoxy groups -OCH3 is 2. The SMILES string of the molecule is CCNC(=NCc1cc(OC)c(OCC)c(OC)c1)NCc1ccccc1F. The van der Waals surface area contributed by atoms with Crippen LogP contribution in [0.2, 0.25) is 0 Å². The Morgan fingerprint density at radius 1 is 1.04 bits per heavy atom. The molecule has 2 aromatic carbocycles.